The maximum absolute atomic E-state index is 12.7. The second-order valence-electron chi connectivity index (χ2n) is 7.25. The summed E-state index contributed by atoms with van der Waals surface area (Å²) in [5.74, 6) is -2.46. The summed E-state index contributed by atoms with van der Waals surface area (Å²) in [6.45, 7) is 4.46. The van der Waals surface area contributed by atoms with Crippen LogP contribution in [0.4, 0.5) is 0 Å². The van der Waals surface area contributed by atoms with E-state index in [0.717, 1.165) is 0 Å². The van der Waals surface area contributed by atoms with Gasteiger partial charge in [0, 0.05) is 22.7 Å². The first kappa shape index (κ1) is 24.0. The van der Waals surface area contributed by atoms with Gasteiger partial charge < -0.3 is 24.9 Å². The number of nitrogens with zero attached hydrogens (tertiary/aromatic N) is 3. The molecule has 0 aliphatic carbocycles. The van der Waals surface area contributed by atoms with Gasteiger partial charge >= 0.3 is 11.9 Å². The highest BCUT2D eigenvalue weighted by molar-refractivity contribution is 8.00. The van der Waals surface area contributed by atoms with E-state index in [9.17, 15) is 19.2 Å². The van der Waals surface area contributed by atoms with Crippen LogP contribution in [0.15, 0.2) is 27.7 Å². The molecular formula is C18H19ClN4O7S2. The van der Waals surface area contributed by atoms with E-state index in [0.29, 0.717) is 5.75 Å². The number of nitrogens with one attached hydrogen (secondary N) is 1. The Morgan fingerprint density at radius 3 is 2.84 bits per heavy atom. The number of hydrogen-bond acceptors (Lipinski definition) is 10. The third kappa shape index (κ3) is 5.22. The molecule has 2 saturated heterocycles. The average molecular weight is 503 g/mol. The van der Waals surface area contributed by atoms with Gasteiger partial charge in [-0.3, -0.25) is 14.4 Å². The van der Waals surface area contributed by atoms with E-state index in [1.54, 1.807) is 12.3 Å². The van der Waals surface area contributed by atoms with E-state index in [2.05, 4.69) is 26.9 Å². The quantitative estimate of drug-likeness (QED) is 0.215. The number of hydrogen-bond donors (Lipinski definition) is 2. The minimum absolute atomic E-state index is 0.112. The molecule has 3 heterocycles. The molecular weight excluding hydrogens is 484 g/mol. The summed E-state index contributed by atoms with van der Waals surface area (Å²) < 4.78 is 5.14. The van der Waals surface area contributed by atoms with Gasteiger partial charge in [-0.15, -0.1) is 23.1 Å². The number of esters is 1. The number of aliphatic carboxylic acids is 1. The van der Waals surface area contributed by atoms with Crippen LogP contribution in [0.2, 0.25) is 0 Å². The van der Waals surface area contributed by atoms with Crippen molar-refractivity contribution in [2.24, 2.45) is 10.6 Å². The summed E-state index contributed by atoms with van der Waals surface area (Å²) in [6, 6.07) is -0.834. The van der Waals surface area contributed by atoms with E-state index in [4.69, 9.17) is 21.4 Å². The molecule has 2 amide bonds. The van der Waals surface area contributed by atoms with Crippen molar-refractivity contribution in [2.75, 3.05) is 25.5 Å². The Balaban J connectivity index is 1.64. The second kappa shape index (κ2) is 9.88. The number of thiazole rings is 1. The molecule has 2 aliphatic rings. The van der Waals surface area contributed by atoms with Gasteiger partial charge in [-0.1, -0.05) is 23.3 Å². The van der Waals surface area contributed by atoms with Crippen molar-refractivity contribution in [3.05, 3.63) is 28.2 Å². The highest BCUT2D eigenvalue weighted by atomic mass is 35.5. The number of carbonyl (C=O) groups excluding carboxylic acids is 3. The number of carboxylic acids is 1. The lowest BCUT2D eigenvalue weighted by molar-refractivity contribution is -0.160. The monoisotopic (exact) mass is 502 g/mol. The Morgan fingerprint density at radius 1 is 1.47 bits per heavy atom. The zero-order valence-electron chi connectivity index (χ0n) is 16.8. The number of halogens is 1. The highest BCUT2D eigenvalue weighted by Crippen LogP contribution is 2.42. The Hall–Kier alpha value is -2.64. The molecule has 0 radical (unpaired) electrons. The molecule has 2 fully saturated rings. The zero-order chi connectivity index (χ0) is 23.5. The third-order valence-electron chi connectivity index (χ3n) is 4.61. The molecule has 2 unspecified atom stereocenters. The smallest absolute Gasteiger partial charge is 0.344 e. The predicted molar refractivity (Wildman–Crippen MR) is 116 cm³/mol. The molecule has 0 spiro atoms. The zero-order valence-corrected chi connectivity index (χ0v) is 19.2. The number of oxime groups is 1. The van der Waals surface area contributed by atoms with Crippen LogP contribution < -0.4 is 5.32 Å². The van der Waals surface area contributed by atoms with Gasteiger partial charge in [0.25, 0.3) is 5.91 Å². The summed E-state index contributed by atoms with van der Waals surface area (Å²) in [4.78, 5) is 58.6. The number of carbonyl (C=O) groups is 4. The summed E-state index contributed by atoms with van der Waals surface area (Å²) >= 11 is 8.19. The fourth-order valence-electron chi connectivity index (χ4n) is 3.04. The molecule has 2 aliphatic heterocycles. The molecule has 3 atom stereocenters. The largest absolute Gasteiger partial charge is 0.479 e. The van der Waals surface area contributed by atoms with Gasteiger partial charge in [-0.25, -0.2) is 9.78 Å². The molecule has 0 saturated carbocycles. The molecule has 172 valence electrons. The molecule has 1 aromatic heterocycles. The third-order valence-corrected chi connectivity index (χ3v) is 6.97. The topological polar surface area (TPSA) is 147 Å². The van der Waals surface area contributed by atoms with Crippen molar-refractivity contribution in [2.45, 2.75) is 18.3 Å². The second-order valence-corrected chi connectivity index (χ2v) is 9.61. The number of amides is 2. The normalized spacial score (nSPS) is 24.8. The maximum atomic E-state index is 12.7. The number of thioether (sulfide) groups is 1. The van der Waals surface area contributed by atoms with Gasteiger partial charge in [0.05, 0.1) is 10.9 Å². The van der Waals surface area contributed by atoms with Gasteiger partial charge in [0.1, 0.15) is 23.7 Å². The number of ether oxygens (including phenoxy) is 1. The first-order valence-electron chi connectivity index (χ1n) is 9.16. The summed E-state index contributed by atoms with van der Waals surface area (Å²) in [6.07, 6.45) is 0. The van der Waals surface area contributed by atoms with Gasteiger partial charge in [-0.05, 0) is 6.92 Å². The lowest BCUT2D eigenvalue weighted by Crippen LogP contribution is -2.73. The summed E-state index contributed by atoms with van der Waals surface area (Å²) in [7, 11) is 0. The van der Waals surface area contributed by atoms with Crippen molar-refractivity contribution < 1.29 is 33.9 Å². The van der Waals surface area contributed by atoms with E-state index in [1.807, 2.05) is 0 Å². The van der Waals surface area contributed by atoms with Gasteiger partial charge in [-0.2, -0.15) is 0 Å². The summed E-state index contributed by atoms with van der Waals surface area (Å²) in [5, 5.41) is 16.2. The van der Waals surface area contributed by atoms with Crippen molar-refractivity contribution in [3.8, 4) is 0 Å². The fraction of sp³-hybridized carbons (Fsp3) is 0.444. The fourth-order valence-corrected chi connectivity index (χ4v) is 5.11. The molecule has 11 nitrogen and oxygen atoms in total. The minimum Gasteiger partial charge on any atom is -0.479 e. The lowest BCUT2D eigenvalue weighted by Gasteiger charge is -2.53. The maximum Gasteiger partial charge on any atom is 0.344 e. The van der Waals surface area contributed by atoms with E-state index in [1.165, 1.54) is 33.5 Å². The Kier molecular flexibility index (Phi) is 7.41. The van der Waals surface area contributed by atoms with Crippen molar-refractivity contribution in [3.63, 3.8) is 0 Å². The summed E-state index contributed by atoms with van der Waals surface area (Å²) in [5.41, 5.74) is 0.501. The number of fused-ring (bicyclic) bond motifs is 1. The van der Waals surface area contributed by atoms with Crippen molar-refractivity contribution >= 4 is 64.2 Å². The SMILES string of the molecule is C=C(Cl)COC(=O)C1(C)CS[C@@H]2C(NC(=O)C(=NOCC(=O)O)c3cscn3)C(=O)N2C1. The highest BCUT2D eigenvalue weighted by Gasteiger charge is 2.56. The van der Waals surface area contributed by atoms with Crippen molar-refractivity contribution in [1.29, 1.82) is 0 Å². The molecule has 2 N–H and O–H groups in total. The van der Waals surface area contributed by atoms with E-state index < -0.39 is 35.9 Å². The molecule has 32 heavy (non-hydrogen) atoms. The molecule has 14 heteroatoms. The Labute approximate surface area is 195 Å². The van der Waals surface area contributed by atoms with Crippen molar-refractivity contribution in [1.82, 2.24) is 15.2 Å². The predicted octanol–water partition coefficient (Wildman–Crippen LogP) is 0.650. The Bertz CT molecular complexity index is 971. The number of carboxylic acid groups (broad SMARTS) is 1. The molecule has 0 bridgehead atoms. The van der Waals surface area contributed by atoms with Crippen LogP contribution in [-0.2, 0) is 28.8 Å². The first-order valence-corrected chi connectivity index (χ1v) is 11.5. The van der Waals surface area contributed by atoms with E-state index in [-0.39, 0.29) is 40.9 Å². The number of β-lactam (4-membered cyclic amide) rings is 1. The van der Waals surface area contributed by atoms with E-state index >= 15 is 0 Å². The van der Waals surface area contributed by atoms with Crippen LogP contribution in [0.1, 0.15) is 12.6 Å². The molecule has 1 aromatic rings. The minimum atomic E-state index is -1.26. The van der Waals surface area contributed by atoms with Crippen LogP contribution in [0.3, 0.4) is 0 Å². The molecule has 0 aromatic carbocycles. The average Bonchev–Trinajstić information content (AvgIpc) is 3.27. The van der Waals surface area contributed by atoms with Gasteiger partial charge in [0.2, 0.25) is 12.5 Å². The van der Waals surface area contributed by atoms with Crippen LogP contribution in [-0.4, -0.2) is 81.4 Å². The molecule has 3 rings (SSSR count). The van der Waals surface area contributed by atoms with Crippen LogP contribution in [0, 0.1) is 5.41 Å². The Morgan fingerprint density at radius 2 is 2.22 bits per heavy atom. The standard InChI is InChI=1S/C18H19ClN4O7S2/c1-9(19)3-29-17(28)18(2)6-23-15(27)13(16(23)32-7-18)21-14(26)12(10-5-31-8-20-10)22-30-4-11(24)25/h5,8,13,16H,1,3-4,6-7H2,2H3,(H,21,26)(H,24,25)/t13?,16-,18?/m1/s1. The van der Waals surface area contributed by atoms with Crippen LogP contribution in [0.5, 0.6) is 0 Å². The lowest BCUT2D eigenvalue weighted by atomic mass is 9.89. The van der Waals surface area contributed by atoms with Crippen LogP contribution >= 0.6 is 34.7 Å². The number of rotatable bonds is 9. The first-order chi connectivity index (χ1) is 15.1. The van der Waals surface area contributed by atoms with Gasteiger partial charge in [0.15, 0.2) is 5.71 Å². The van der Waals surface area contributed by atoms with Crippen LogP contribution in [0.25, 0.3) is 0 Å². The number of aromatic nitrogens is 1.